The summed E-state index contributed by atoms with van der Waals surface area (Å²) in [7, 11) is 1.93. The molecule has 2 aromatic heterocycles. The van der Waals surface area contributed by atoms with Gasteiger partial charge in [-0.05, 0) is 106 Å². The molecule has 2 aliphatic carbocycles. The van der Waals surface area contributed by atoms with Crippen molar-refractivity contribution < 1.29 is 19.4 Å². The molecule has 4 N–H and O–H groups in total. The second-order valence-corrected chi connectivity index (χ2v) is 14.3. The molecule has 48 heavy (non-hydrogen) atoms. The van der Waals surface area contributed by atoms with Crippen LogP contribution in [-0.2, 0) is 31.2 Å². The van der Waals surface area contributed by atoms with E-state index in [1.54, 1.807) is 12.1 Å². The lowest BCUT2D eigenvalue weighted by molar-refractivity contribution is -0.143. The van der Waals surface area contributed by atoms with Gasteiger partial charge in [-0.15, -0.1) is 0 Å². The second-order valence-electron chi connectivity index (χ2n) is 14.3. The van der Waals surface area contributed by atoms with Crippen molar-refractivity contribution in [3.63, 3.8) is 0 Å². The minimum Gasteiger partial charge on any atom is -0.481 e. The van der Waals surface area contributed by atoms with Crippen molar-refractivity contribution in [3.05, 3.63) is 70.7 Å². The maximum atomic E-state index is 14.3. The summed E-state index contributed by atoms with van der Waals surface area (Å²) in [6.07, 6.45) is 12.8. The number of anilines is 1. The van der Waals surface area contributed by atoms with Crippen LogP contribution in [-0.4, -0.2) is 73.1 Å². The Morgan fingerprint density at radius 1 is 1.15 bits per heavy atom. The first-order chi connectivity index (χ1) is 23.3. The summed E-state index contributed by atoms with van der Waals surface area (Å²) in [6.45, 7) is 5.54. The summed E-state index contributed by atoms with van der Waals surface area (Å²) in [4.78, 5) is 24.2. The number of hydrogen-bond acceptors (Lipinski definition) is 8. The van der Waals surface area contributed by atoms with Crippen molar-refractivity contribution in [3.8, 4) is 0 Å². The molecule has 0 bridgehead atoms. The molecule has 1 saturated heterocycles. The Labute approximate surface area is 283 Å². The number of hydrogen-bond donors (Lipinski definition) is 4. The minimum atomic E-state index is -0.672. The highest BCUT2D eigenvalue weighted by molar-refractivity contribution is 5.70. The van der Waals surface area contributed by atoms with Gasteiger partial charge in [0.1, 0.15) is 17.5 Å². The lowest BCUT2D eigenvalue weighted by atomic mass is 9.78. The average Bonchev–Trinajstić information content (AvgIpc) is 3.54. The van der Waals surface area contributed by atoms with E-state index in [9.17, 15) is 19.4 Å². The van der Waals surface area contributed by atoms with E-state index in [-0.39, 0.29) is 42.3 Å². The number of halogens is 1. The van der Waals surface area contributed by atoms with Crippen LogP contribution in [0.3, 0.4) is 0 Å². The first-order valence-corrected chi connectivity index (χ1v) is 18.0. The molecule has 0 amide bonds. The van der Waals surface area contributed by atoms with Gasteiger partial charge in [0.05, 0.1) is 24.7 Å². The highest BCUT2D eigenvalue weighted by Crippen LogP contribution is 2.37. The molecule has 0 unspecified atom stereocenters. The Hall–Kier alpha value is -3.41. The molecule has 4 atom stereocenters. The van der Waals surface area contributed by atoms with Crippen LogP contribution in [0.15, 0.2) is 36.7 Å². The quantitative estimate of drug-likeness (QED) is 0.195. The number of carboxylic acid groups (broad SMARTS) is 1. The Kier molecular flexibility index (Phi) is 11.4. The summed E-state index contributed by atoms with van der Waals surface area (Å²) in [5.74, 6) is 1.38. The van der Waals surface area contributed by atoms with E-state index >= 15 is 0 Å². The van der Waals surface area contributed by atoms with Crippen molar-refractivity contribution in [2.24, 2.45) is 24.8 Å². The molecule has 0 spiro atoms. The number of aliphatic carboxylic acids is 1. The molecule has 10 nitrogen and oxygen atoms in total. The predicted molar refractivity (Wildman–Crippen MR) is 183 cm³/mol. The molecule has 1 saturated carbocycles. The number of aryl methyl sites for hydroxylation is 2. The fourth-order valence-electron chi connectivity index (χ4n) is 8.28. The first-order valence-electron chi connectivity index (χ1n) is 18.0. The zero-order valence-corrected chi connectivity index (χ0v) is 28.5. The van der Waals surface area contributed by atoms with E-state index in [2.05, 4.69) is 33.8 Å². The zero-order chi connectivity index (χ0) is 33.6. The standard InChI is InChI=1S/C37H52FN7O3/c1-3-32(25-9-11-26(12-10-25)37(47)48)39-19-35-41-33-14-13-28(27-7-4-8-30(38)16-27)17-31(33)36(43-35)42-34(29-18-40-44(2)21-29)22-45-15-5-6-24(20-45)23-46/h4,7-8,16,18,21,24-26,28,32,34,39,46H,3,5-6,9-15,17,19-20,22-23H2,1-2H3,(H,47,48)(H,41,42,43)/t24-,25?,26?,28+,32+,34-/m0/s1. The number of nitrogens with one attached hydrogen (secondary N) is 2. The highest BCUT2D eigenvalue weighted by Gasteiger charge is 2.31. The third-order valence-corrected chi connectivity index (χ3v) is 11.0. The topological polar surface area (TPSA) is 128 Å². The van der Waals surface area contributed by atoms with E-state index in [1.165, 1.54) is 6.07 Å². The molecular weight excluding hydrogens is 609 g/mol. The molecule has 11 heteroatoms. The molecule has 1 aromatic carbocycles. The van der Waals surface area contributed by atoms with E-state index < -0.39 is 5.97 Å². The summed E-state index contributed by atoms with van der Waals surface area (Å²) in [6, 6.07) is 7.17. The molecular formula is C37H52FN7O3. The number of aliphatic hydroxyl groups excluding tert-OH is 1. The highest BCUT2D eigenvalue weighted by atomic mass is 19.1. The third-order valence-electron chi connectivity index (χ3n) is 11.0. The molecule has 0 radical (unpaired) electrons. The summed E-state index contributed by atoms with van der Waals surface area (Å²) in [5.41, 5.74) is 4.23. The Balaban J connectivity index is 1.27. The summed E-state index contributed by atoms with van der Waals surface area (Å²) < 4.78 is 16.1. The minimum absolute atomic E-state index is 0.0710. The van der Waals surface area contributed by atoms with Crippen molar-refractivity contribution in [1.82, 2.24) is 30.0 Å². The van der Waals surface area contributed by atoms with Crippen LogP contribution in [0.5, 0.6) is 0 Å². The smallest absolute Gasteiger partial charge is 0.306 e. The molecule has 3 aromatic rings. The van der Waals surface area contributed by atoms with E-state index in [1.807, 2.05) is 24.0 Å². The van der Waals surface area contributed by atoms with E-state index in [0.717, 1.165) is 118 Å². The number of rotatable bonds is 13. The number of fused-ring (bicyclic) bond motifs is 1. The molecule has 3 aliphatic rings. The number of benzene rings is 1. The zero-order valence-electron chi connectivity index (χ0n) is 28.5. The molecule has 260 valence electrons. The second kappa shape index (κ2) is 15.9. The van der Waals surface area contributed by atoms with Gasteiger partial charge in [-0.2, -0.15) is 5.10 Å². The normalized spacial score (nSPS) is 24.5. The van der Waals surface area contributed by atoms with Gasteiger partial charge in [0, 0.05) is 55.8 Å². The van der Waals surface area contributed by atoms with E-state index in [4.69, 9.17) is 9.97 Å². The van der Waals surface area contributed by atoms with Crippen LogP contribution in [0.2, 0.25) is 0 Å². The largest absolute Gasteiger partial charge is 0.481 e. The Bertz CT molecular complexity index is 1520. The number of piperidine rings is 1. The van der Waals surface area contributed by atoms with Gasteiger partial charge in [0.2, 0.25) is 0 Å². The number of carboxylic acids is 1. The van der Waals surface area contributed by atoms with Gasteiger partial charge in [-0.25, -0.2) is 14.4 Å². The van der Waals surface area contributed by atoms with Crippen LogP contribution in [0, 0.1) is 23.6 Å². The maximum Gasteiger partial charge on any atom is 0.306 e. The average molecular weight is 662 g/mol. The monoisotopic (exact) mass is 661 g/mol. The van der Waals surface area contributed by atoms with Gasteiger partial charge in [0.25, 0.3) is 0 Å². The van der Waals surface area contributed by atoms with Crippen LogP contribution >= 0.6 is 0 Å². The number of nitrogens with zero attached hydrogens (tertiary/aromatic N) is 5. The summed E-state index contributed by atoms with van der Waals surface area (Å²) >= 11 is 0. The number of aromatic nitrogens is 4. The lowest BCUT2D eigenvalue weighted by Gasteiger charge is -2.35. The van der Waals surface area contributed by atoms with E-state index in [0.29, 0.717) is 12.5 Å². The van der Waals surface area contributed by atoms with Gasteiger partial charge in [0.15, 0.2) is 0 Å². The lowest BCUT2D eigenvalue weighted by Crippen LogP contribution is -2.40. The van der Waals surface area contributed by atoms with Crippen LogP contribution < -0.4 is 10.6 Å². The van der Waals surface area contributed by atoms with Crippen LogP contribution in [0.4, 0.5) is 10.2 Å². The maximum absolute atomic E-state index is 14.3. The van der Waals surface area contributed by atoms with Gasteiger partial charge in [-0.1, -0.05) is 19.1 Å². The van der Waals surface area contributed by atoms with Crippen molar-refractivity contribution in [2.45, 2.75) is 95.7 Å². The fourth-order valence-corrected chi connectivity index (χ4v) is 8.28. The van der Waals surface area contributed by atoms with Crippen molar-refractivity contribution in [1.29, 1.82) is 0 Å². The van der Waals surface area contributed by atoms with Crippen molar-refractivity contribution in [2.75, 3.05) is 31.6 Å². The van der Waals surface area contributed by atoms with Crippen LogP contribution in [0.1, 0.15) is 98.5 Å². The first kappa shape index (κ1) is 34.5. The fraction of sp³-hybridized carbons (Fsp3) is 0.622. The van der Waals surface area contributed by atoms with Gasteiger partial charge in [-0.3, -0.25) is 9.48 Å². The van der Waals surface area contributed by atoms with Gasteiger partial charge >= 0.3 is 5.97 Å². The van der Waals surface area contributed by atoms with Gasteiger partial charge < -0.3 is 25.7 Å². The number of carbonyl (C=O) groups is 1. The van der Waals surface area contributed by atoms with Crippen LogP contribution in [0.25, 0.3) is 0 Å². The molecule has 1 aliphatic heterocycles. The SMILES string of the molecule is CC[C@@H](NCc1nc2c(c(N[C@@H](CN3CCC[C@H](CO)C3)c3cnn(C)c3)n1)C[C@H](c1cccc(F)c1)CC2)C1CCC(C(=O)O)CC1. The summed E-state index contributed by atoms with van der Waals surface area (Å²) in [5, 5.41) is 31.5. The molecule has 2 fully saturated rings. The molecule has 6 rings (SSSR count). The van der Waals surface area contributed by atoms with Crippen molar-refractivity contribution >= 4 is 11.8 Å². The number of likely N-dealkylation sites (tertiary alicyclic amines) is 1. The number of aliphatic hydroxyl groups is 1. The Morgan fingerprint density at radius 3 is 2.69 bits per heavy atom. The third kappa shape index (κ3) is 8.41. The predicted octanol–water partition coefficient (Wildman–Crippen LogP) is 5.24. The molecule has 3 heterocycles. The Morgan fingerprint density at radius 2 is 1.98 bits per heavy atom.